The number of nitrogens with one attached hydrogen (secondary N) is 2. The highest BCUT2D eigenvalue weighted by molar-refractivity contribution is 6.28. The lowest BCUT2D eigenvalue weighted by molar-refractivity contribution is 0.170. The molecule has 0 aliphatic carbocycles. The smallest absolute Gasteiger partial charge is 0.226 e. The molecule has 3 N–H and O–H groups in total. The molecule has 0 radical (unpaired) electrons. The van der Waals surface area contributed by atoms with Gasteiger partial charge < -0.3 is 20.1 Å². The van der Waals surface area contributed by atoms with E-state index >= 15 is 0 Å². The van der Waals surface area contributed by atoms with Crippen LogP contribution < -0.4 is 5.32 Å². The van der Waals surface area contributed by atoms with Crippen LogP contribution in [0.5, 0.6) is 0 Å². The molecule has 7 nitrogen and oxygen atoms in total. The third kappa shape index (κ3) is 2.87. The molecule has 0 aromatic carbocycles. The molecule has 1 atom stereocenters. The molecule has 2 aromatic heterocycles. The monoisotopic (exact) mass is 271 g/mol. The fourth-order valence-electron chi connectivity index (χ4n) is 1.66. The van der Waals surface area contributed by atoms with Gasteiger partial charge in [-0.3, -0.25) is 0 Å². The second-order valence-electron chi connectivity index (χ2n) is 3.75. The van der Waals surface area contributed by atoms with Crippen molar-refractivity contribution in [2.75, 3.05) is 25.6 Å². The summed E-state index contributed by atoms with van der Waals surface area (Å²) in [7, 11) is 1.60. The van der Waals surface area contributed by atoms with Crippen LogP contribution in [0.15, 0.2) is 6.33 Å². The van der Waals surface area contributed by atoms with Crippen LogP contribution in [-0.2, 0) is 4.74 Å². The molecule has 2 heterocycles. The highest BCUT2D eigenvalue weighted by atomic mass is 35.5. The van der Waals surface area contributed by atoms with Gasteiger partial charge in [0.2, 0.25) is 5.28 Å². The van der Waals surface area contributed by atoms with Gasteiger partial charge in [-0.25, -0.2) is 4.98 Å². The average Bonchev–Trinajstić information content (AvgIpc) is 2.77. The number of hydrogen-bond donors (Lipinski definition) is 3. The average molecular weight is 272 g/mol. The standard InChI is InChI=1S/C10H14ClN5O2/c1-18-4-6(2-3-17)14-9-7-8(13-5-12-7)15-10(11)16-9/h5-6,17H,2-4H2,1H3,(H2,12,13,14,15,16). The summed E-state index contributed by atoms with van der Waals surface area (Å²) < 4.78 is 5.08. The number of aromatic nitrogens is 4. The molecule has 0 fully saturated rings. The molecule has 0 spiro atoms. The molecule has 18 heavy (non-hydrogen) atoms. The van der Waals surface area contributed by atoms with Gasteiger partial charge in [0.1, 0.15) is 5.52 Å². The Labute approximate surface area is 109 Å². The molecule has 0 aliphatic heterocycles. The summed E-state index contributed by atoms with van der Waals surface area (Å²) in [4.78, 5) is 15.1. The summed E-state index contributed by atoms with van der Waals surface area (Å²) in [6.07, 6.45) is 2.07. The lowest BCUT2D eigenvalue weighted by Crippen LogP contribution is -2.26. The molecule has 0 saturated heterocycles. The molecule has 0 amide bonds. The summed E-state index contributed by atoms with van der Waals surface area (Å²) in [5.41, 5.74) is 1.18. The van der Waals surface area contributed by atoms with E-state index in [1.54, 1.807) is 7.11 Å². The minimum absolute atomic E-state index is 0.0579. The second kappa shape index (κ2) is 5.94. The Bertz CT molecular complexity index is 512. The van der Waals surface area contributed by atoms with Gasteiger partial charge in [-0.05, 0) is 18.0 Å². The van der Waals surface area contributed by atoms with Crippen LogP contribution >= 0.6 is 11.6 Å². The quantitative estimate of drug-likeness (QED) is 0.673. The highest BCUT2D eigenvalue weighted by Gasteiger charge is 2.13. The first kappa shape index (κ1) is 13.0. The van der Waals surface area contributed by atoms with E-state index in [-0.39, 0.29) is 17.9 Å². The van der Waals surface area contributed by atoms with Gasteiger partial charge in [-0.1, -0.05) is 0 Å². The van der Waals surface area contributed by atoms with Gasteiger partial charge in [0.15, 0.2) is 11.5 Å². The van der Waals surface area contributed by atoms with Crippen LogP contribution in [-0.4, -0.2) is 51.4 Å². The number of nitrogens with zero attached hydrogens (tertiary/aromatic N) is 3. The van der Waals surface area contributed by atoms with Crippen molar-refractivity contribution >= 4 is 28.6 Å². The zero-order valence-electron chi connectivity index (χ0n) is 9.85. The van der Waals surface area contributed by atoms with Gasteiger partial charge in [0.05, 0.1) is 19.0 Å². The Morgan fingerprint density at radius 3 is 3.11 bits per heavy atom. The van der Waals surface area contributed by atoms with Crippen LogP contribution in [0.3, 0.4) is 0 Å². The van der Waals surface area contributed by atoms with E-state index in [1.165, 1.54) is 6.33 Å². The number of fused-ring (bicyclic) bond motifs is 1. The third-order valence-electron chi connectivity index (χ3n) is 2.44. The summed E-state index contributed by atoms with van der Waals surface area (Å²) in [5, 5.41) is 12.3. The molecular formula is C10H14ClN5O2. The Balaban J connectivity index is 2.26. The van der Waals surface area contributed by atoms with Crippen LogP contribution in [0.4, 0.5) is 5.82 Å². The van der Waals surface area contributed by atoms with E-state index in [9.17, 15) is 0 Å². The second-order valence-corrected chi connectivity index (χ2v) is 4.09. The van der Waals surface area contributed by atoms with E-state index in [0.29, 0.717) is 30.0 Å². The fraction of sp³-hybridized carbons (Fsp3) is 0.500. The molecule has 8 heteroatoms. The van der Waals surface area contributed by atoms with E-state index in [0.717, 1.165) is 0 Å². The molecule has 98 valence electrons. The molecule has 2 aromatic rings. The normalized spacial score (nSPS) is 12.8. The first-order valence-corrected chi connectivity index (χ1v) is 5.85. The van der Waals surface area contributed by atoms with Crippen molar-refractivity contribution in [3.05, 3.63) is 11.6 Å². The number of aromatic amines is 1. The van der Waals surface area contributed by atoms with E-state index in [4.69, 9.17) is 21.4 Å². The summed E-state index contributed by atoms with van der Waals surface area (Å²) in [6.45, 7) is 0.518. The molecular weight excluding hydrogens is 258 g/mol. The number of H-pyrrole nitrogens is 1. The maximum Gasteiger partial charge on any atom is 0.226 e. The highest BCUT2D eigenvalue weighted by Crippen LogP contribution is 2.19. The molecule has 0 aliphatic rings. The summed E-state index contributed by atoms with van der Waals surface area (Å²) >= 11 is 5.82. The number of aliphatic hydroxyl groups is 1. The van der Waals surface area contributed by atoms with Crippen molar-refractivity contribution in [2.45, 2.75) is 12.5 Å². The van der Waals surface area contributed by atoms with Crippen molar-refractivity contribution in [2.24, 2.45) is 0 Å². The molecule has 0 bridgehead atoms. The van der Waals surface area contributed by atoms with Crippen LogP contribution in [0.25, 0.3) is 11.2 Å². The van der Waals surface area contributed by atoms with Crippen LogP contribution in [0, 0.1) is 0 Å². The minimum Gasteiger partial charge on any atom is -0.396 e. The zero-order chi connectivity index (χ0) is 13.0. The van der Waals surface area contributed by atoms with Crippen LogP contribution in [0.1, 0.15) is 6.42 Å². The van der Waals surface area contributed by atoms with Crippen LogP contribution in [0.2, 0.25) is 5.28 Å². The van der Waals surface area contributed by atoms with Crippen molar-refractivity contribution in [1.82, 2.24) is 19.9 Å². The maximum atomic E-state index is 8.99. The number of ether oxygens (including phenoxy) is 1. The number of halogens is 1. The number of rotatable bonds is 6. The van der Waals surface area contributed by atoms with E-state index < -0.39 is 0 Å². The van der Waals surface area contributed by atoms with Crippen molar-refractivity contribution in [3.8, 4) is 0 Å². The Morgan fingerprint density at radius 1 is 1.56 bits per heavy atom. The number of anilines is 1. The third-order valence-corrected chi connectivity index (χ3v) is 2.61. The minimum atomic E-state index is -0.0579. The van der Waals surface area contributed by atoms with Crippen molar-refractivity contribution < 1.29 is 9.84 Å². The lowest BCUT2D eigenvalue weighted by Gasteiger charge is -2.17. The predicted octanol–water partition coefficient (Wildman–Crippen LogP) is 0.816. The van der Waals surface area contributed by atoms with Gasteiger partial charge in [0.25, 0.3) is 0 Å². The largest absolute Gasteiger partial charge is 0.396 e. The van der Waals surface area contributed by atoms with Gasteiger partial charge in [-0.15, -0.1) is 0 Å². The number of aliphatic hydroxyl groups excluding tert-OH is 1. The van der Waals surface area contributed by atoms with Crippen molar-refractivity contribution in [3.63, 3.8) is 0 Å². The Hall–Kier alpha value is -1.44. The predicted molar refractivity (Wildman–Crippen MR) is 67.7 cm³/mol. The number of methoxy groups -OCH3 is 1. The van der Waals surface area contributed by atoms with Gasteiger partial charge in [-0.2, -0.15) is 9.97 Å². The first-order valence-electron chi connectivity index (χ1n) is 5.47. The number of hydrogen-bond acceptors (Lipinski definition) is 6. The zero-order valence-corrected chi connectivity index (χ0v) is 10.6. The Kier molecular flexibility index (Phi) is 4.29. The first-order chi connectivity index (χ1) is 8.74. The SMILES string of the molecule is COCC(CCO)Nc1nc(Cl)nc2nc[nH]c12. The van der Waals surface area contributed by atoms with Gasteiger partial charge >= 0.3 is 0 Å². The summed E-state index contributed by atoms with van der Waals surface area (Å²) in [6, 6.07) is -0.0579. The van der Waals surface area contributed by atoms with E-state index in [1.807, 2.05) is 0 Å². The topological polar surface area (TPSA) is 96.0 Å². The molecule has 2 rings (SSSR count). The van der Waals surface area contributed by atoms with E-state index in [2.05, 4.69) is 25.3 Å². The lowest BCUT2D eigenvalue weighted by atomic mass is 10.2. The molecule has 0 saturated carbocycles. The van der Waals surface area contributed by atoms with Crippen molar-refractivity contribution in [1.29, 1.82) is 0 Å². The number of imidazole rings is 1. The molecule has 1 unspecified atom stereocenters. The maximum absolute atomic E-state index is 8.99. The van der Waals surface area contributed by atoms with Gasteiger partial charge in [0, 0.05) is 13.7 Å². The fourth-order valence-corrected chi connectivity index (χ4v) is 1.82. The Morgan fingerprint density at radius 2 is 2.39 bits per heavy atom. The summed E-state index contributed by atoms with van der Waals surface area (Å²) in [5.74, 6) is 0.554.